The number of amides is 2. The number of H-pyrrole nitrogens is 1. The van der Waals surface area contributed by atoms with Crippen LogP contribution in [0.15, 0.2) is 36.7 Å². The van der Waals surface area contributed by atoms with Crippen LogP contribution in [-0.2, 0) is 6.54 Å². The minimum Gasteiger partial charge on any atom is -0.307 e. The number of aromatic amines is 1. The molecule has 0 bridgehead atoms. The highest BCUT2D eigenvalue weighted by Crippen LogP contribution is 2.20. The Hall–Kier alpha value is -1.99. The minimum atomic E-state index is -0.261. The number of hydrogen-bond donors (Lipinski definition) is 3. The molecule has 0 saturated carbocycles. The van der Waals surface area contributed by atoms with E-state index in [0.717, 1.165) is 30.9 Å². The quantitative estimate of drug-likeness (QED) is 0.810. The number of carbonyl (C=O) groups is 1. The van der Waals surface area contributed by atoms with E-state index in [4.69, 9.17) is 0 Å². The summed E-state index contributed by atoms with van der Waals surface area (Å²) in [6, 6.07) is 7.68. The van der Waals surface area contributed by atoms with Crippen molar-refractivity contribution < 1.29 is 4.79 Å². The van der Waals surface area contributed by atoms with Crippen LogP contribution < -0.4 is 10.6 Å². The molecule has 0 aliphatic carbocycles. The molecule has 1 fully saturated rings. The van der Waals surface area contributed by atoms with Gasteiger partial charge in [0, 0.05) is 43.0 Å². The molecule has 1 aliphatic heterocycles. The molecular weight excluding hydrogens is 298 g/mol. The first-order chi connectivity index (χ1) is 10.8. The number of para-hydroxylation sites is 1. The molecule has 0 spiro atoms. The zero-order chi connectivity index (χ0) is 15.2. The summed E-state index contributed by atoms with van der Waals surface area (Å²) >= 11 is 2.00. The van der Waals surface area contributed by atoms with Gasteiger partial charge in [-0.2, -0.15) is 16.9 Å². The number of rotatable bonds is 4. The van der Waals surface area contributed by atoms with Crippen LogP contribution in [-0.4, -0.2) is 45.7 Å². The van der Waals surface area contributed by atoms with Crippen molar-refractivity contribution in [2.45, 2.75) is 6.54 Å². The van der Waals surface area contributed by atoms with Crippen LogP contribution in [0.5, 0.6) is 0 Å². The van der Waals surface area contributed by atoms with Gasteiger partial charge in [0.15, 0.2) is 0 Å². The third kappa shape index (κ3) is 4.02. The molecule has 22 heavy (non-hydrogen) atoms. The Morgan fingerprint density at radius 3 is 2.86 bits per heavy atom. The van der Waals surface area contributed by atoms with Gasteiger partial charge in [0.1, 0.15) is 0 Å². The van der Waals surface area contributed by atoms with E-state index in [-0.39, 0.29) is 6.03 Å². The lowest BCUT2D eigenvalue weighted by Gasteiger charge is -2.27. The number of nitrogens with zero attached hydrogens (tertiary/aromatic N) is 2. The molecule has 3 N–H and O–H groups in total. The molecule has 116 valence electrons. The maximum Gasteiger partial charge on any atom is 0.323 e. The van der Waals surface area contributed by atoms with Gasteiger partial charge >= 0.3 is 6.03 Å². The molecular formula is C15H19N5OS. The maximum absolute atomic E-state index is 12.0. The van der Waals surface area contributed by atoms with Gasteiger partial charge in [-0.15, -0.1) is 0 Å². The SMILES string of the molecule is O=C(Nc1cn[nH]c1)Nc1ccccc1CN1CCSCC1. The van der Waals surface area contributed by atoms with Gasteiger partial charge < -0.3 is 10.6 Å². The van der Waals surface area contributed by atoms with Gasteiger partial charge in [-0.3, -0.25) is 10.00 Å². The van der Waals surface area contributed by atoms with Crippen LogP contribution in [0.25, 0.3) is 0 Å². The number of urea groups is 1. The lowest BCUT2D eigenvalue weighted by molar-refractivity contribution is 0.262. The van der Waals surface area contributed by atoms with Gasteiger partial charge in [0.2, 0.25) is 0 Å². The second-order valence-corrected chi connectivity index (χ2v) is 6.34. The van der Waals surface area contributed by atoms with E-state index in [2.05, 4.69) is 31.8 Å². The molecule has 0 radical (unpaired) electrons. The molecule has 2 aromatic rings. The Kier molecular flexibility index (Phi) is 4.97. The number of benzene rings is 1. The summed E-state index contributed by atoms with van der Waals surface area (Å²) in [7, 11) is 0. The normalized spacial score (nSPS) is 15.5. The van der Waals surface area contributed by atoms with Gasteiger partial charge in [0.25, 0.3) is 0 Å². The van der Waals surface area contributed by atoms with E-state index in [0.29, 0.717) is 5.69 Å². The number of hydrogen-bond acceptors (Lipinski definition) is 4. The van der Waals surface area contributed by atoms with Crippen molar-refractivity contribution >= 4 is 29.2 Å². The van der Waals surface area contributed by atoms with Crippen molar-refractivity contribution in [3.05, 3.63) is 42.2 Å². The van der Waals surface area contributed by atoms with Crippen LogP contribution in [0.2, 0.25) is 0 Å². The Labute approximate surface area is 133 Å². The van der Waals surface area contributed by atoms with E-state index < -0.39 is 0 Å². The van der Waals surface area contributed by atoms with E-state index in [1.165, 1.54) is 11.5 Å². The Morgan fingerprint density at radius 1 is 1.27 bits per heavy atom. The highest BCUT2D eigenvalue weighted by atomic mass is 32.2. The van der Waals surface area contributed by atoms with Crippen LogP contribution in [0.3, 0.4) is 0 Å². The number of carbonyl (C=O) groups excluding carboxylic acids is 1. The first-order valence-corrected chi connectivity index (χ1v) is 8.41. The molecule has 6 nitrogen and oxygen atoms in total. The first-order valence-electron chi connectivity index (χ1n) is 7.26. The van der Waals surface area contributed by atoms with Gasteiger partial charge in [-0.25, -0.2) is 4.79 Å². The molecule has 1 saturated heterocycles. The summed E-state index contributed by atoms with van der Waals surface area (Å²) in [5, 5.41) is 12.1. The van der Waals surface area contributed by atoms with E-state index in [1.54, 1.807) is 12.4 Å². The first kappa shape index (κ1) is 14.9. The molecule has 2 amide bonds. The van der Waals surface area contributed by atoms with Crippen LogP contribution in [0, 0.1) is 0 Å². The standard InChI is InChI=1S/C15H19N5OS/c21-15(18-13-9-16-17-10-13)19-14-4-2-1-3-12(14)11-20-5-7-22-8-6-20/h1-4,9-10H,5-8,11H2,(H,16,17)(H2,18,19,21). The molecule has 7 heteroatoms. The predicted octanol–water partition coefficient (Wildman–Crippen LogP) is 2.60. The Balaban J connectivity index is 1.64. The smallest absolute Gasteiger partial charge is 0.307 e. The number of thioether (sulfide) groups is 1. The number of anilines is 2. The summed E-state index contributed by atoms with van der Waals surface area (Å²) in [6.45, 7) is 3.06. The predicted molar refractivity (Wildman–Crippen MR) is 90.3 cm³/mol. The molecule has 3 rings (SSSR count). The van der Waals surface area contributed by atoms with Crippen molar-refractivity contribution in [3.63, 3.8) is 0 Å². The van der Waals surface area contributed by atoms with E-state index in [9.17, 15) is 4.79 Å². The summed E-state index contributed by atoms with van der Waals surface area (Å²) < 4.78 is 0. The maximum atomic E-state index is 12.0. The van der Waals surface area contributed by atoms with Gasteiger partial charge in [-0.05, 0) is 11.6 Å². The zero-order valence-corrected chi connectivity index (χ0v) is 13.0. The molecule has 1 aromatic heterocycles. The van der Waals surface area contributed by atoms with Crippen molar-refractivity contribution in [1.29, 1.82) is 0 Å². The monoisotopic (exact) mass is 317 g/mol. The highest BCUT2D eigenvalue weighted by molar-refractivity contribution is 7.99. The van der Waals surface area contributed by atoms with Crippen LogP contribution >= 0.6 is 11.8 Å². The molecule has 0 unspecified atom stereocenters. The van der Waals surface area contributed by atoms with Crippen molar-refractivity contribution in [3.8, 4) is 0 Å². The van der Waals surface area contributed by atoms with Crippen LogP contribution in [0.1, 0.15) is 5.56 Å². The molecule has 0 atom stereocenters. The summed E-state index contributed by atoms with van der Waals surface area (Å²) in [5.41, 5.74) is 2.63. The largest absolute Gasteiger partial charge is 0.323 e. The average Bonchev–Trinajstić information content (AvgIpc) is 3.03. The second kappa shape index (κ2) is 7.33. The molecule has 1 aliphatic rings. The fourth-order valence-corrected chi connectivity index (χ4v) is 3.36. The second-order valence-electron chi connectivity index (χ2n) is 5.11. The topological polar surface area (TPSA) is 73.0 Å². The van der Waals surface area contributed by atoms with E-state index in [1.807, 2.05) is 30.0 Å². The lowest BCUT2D eigenvalue weighted by atomic mass is 10.1. The Bertz CT molecular complexity index is 610. The fraction of sp³-hybridized carbons (Fsp3) is 0.333. The number of aromatic nitrogens is 2. The lowest BCUT2D eigenvalue weighted by Crippen LogP contribution is -2.32. The molecule has 1 aromatic carbocycles. The highest BCUT2D eigenvalue weighted by Gasteiger charge is 2.13. The fourth-order valence-electron chi connectivity index (χ4n) is 2.38. The third-order valence-corrected chi connectivity index (χ3v) is 4.46. The summed E-state index contributed by atoms with van der Waals surface area (Å²) in [5.74, 6) is 2.35. The summed E-state index contributed by atoms with van der Waals surface area (Å²) in [6.07, 6.45) is 3.20. The molecule has 2 heterocycles. The third-order valence-electron chi connectivity index (χ3n) is 3.52. The zero-order valence-electron chi connectivity index (χ0n) is 12.2. The Morgan fingerprint density at radius 2 is 2.09 bits per heavy atom. The average molecular weight is 317 g/mol. The van der Waals surface area contributed by atoms with Crippen LogP contribution in [0.4, 0.5) is 16.2 Å². The van der Waals surface area contributed by atoms with E-state index >= 15 is 0 Å². The van der Waals surface area contributed by atoms with Gasteiger partial charge in [0.05, 0.1) is 11.9 Å². The number of nitrogens with one attached hydrogen (secondary N) is 3. The van der Waals surface area contributed by atoms with Crippen molar-refractivity contribution in [2.24, 2.45) is 0 Å². The van der Waals surface area contributed by atoms with Crippen molar-refractivity contribution in [1.82, 2.24) is 15.1 Å². The summed E-state index contributed by atoms with van der Waals surface area (Å²) in [4.78, 5) is 14.5. The van der Waals surface area contributed by atoms with Gasteiger partial charge in [-0.1, -0.05) is 18.2 Å². The minimum absolute atomic E-state index is 0.261. The van der Waals surface area contributed by atoms with Crippen molar-refractivity contribution in [2.75, 3.05) is 35.2 Å².